The maximum Gasteiger partial charge on any atom is 0.229 e. The van der Waals surface area contributed by atoms with Crippen LogP contribution in [0.3, 0.4) is 0 Å². The second-order valence-electron chi connectivity index (χ2n) is 7.96. The molecule has 6 heteroatoms. The minimum absolute atomic E-state index is 0.0777. The van der Waals surface area contributed by atoms with Gasteiger partial charge in [-0.3, -0.25) is 9.59 Å². The van der Waals surface area contributed by atoms with Crippen molar-refractivity contribution in [3.8, 4) is 0 Å². The van der Waals surface area contributed by atoms with Gasteiger partial charge in [-0.15, -0.1) is 0 Å². The van der Waals surface area contributed by atoms with Crippen LogP contribution in [0.15, 0.2) is 42.6 Å². The standard InChI is InChI=1S/C22H24ClN3O2/c1-13-5-7-16(25-21(28)22(2,3)4)11-18(13)26-20(27)9-14-12-24-19-10-15(23)6-8-17(14)19/h5-8,10-12,24H,9H2,1-4H3,(H,25,28)(H,26,27). The van der Waals surface area contributed by atoms with E-state index in [1.165, 1.54) is 0 Å². The van der Waals surface area contributed by atoms with Crippen molar-refractivity contribution in [2.75, 3.05) is 10.6 Å². The van der Waals surface area contributed by atoms with Crippen LogP contribution in [0.1, 0.15) is 31.9 Å². The summed E-state index contributed by atoms with van der Waals surface area (Å²) < 4.78 is 0. The third-order valence-corrected chi connectivity index (χ3v) is 4.77. The number of amides is 2. The van der Waals surface area contributed by atoms with Crippen molar-refractivity contribution in [3.63, 3.8) is 0 Å². The lowest BCUT2D eigenvalue weighted by atomic mass is 9.95. The second-order valence-corrected chi connectivity index (χ2v) is 8.40. The third kappa shape index (κ3) is 4.54. The number of carbonyl (C=O) groups excluding carboxylic acids is 2. The van der Waals surface area contributed by atoms with Gasteiger partial charge in [0.1, 0.15) is 0 Å². The Kier molecular flexibility index (Phi) is 5.47. The van der Waals surface area contributed by atoms with E-state index in [2.05, 4.69) is 15.6 Å². The smallest absolute Gasteiger partial charge is 0.229 e. The molecule has 5 nitrogen and oxygen atoms in total. The summed E-state index contributed by atoms with van der Waals surface area (Å²) in [7, 11) is 0. The zero-order valence-electron chi connectivity index (χ0n) is 16.4. The van der Waals surface area contributed by atoms with Crippen molar-refractivity contribution < 1.29 is 9.59 Å². The van der Waals surface area contributed by atoms with E-state index < -0.39 is 5.41 Å². The number of aryl methyl sites for hydroxylation is 1. The first-order chi connectivity index (χ1) is 13.1. The number of hydrogen-bond acceptors (Lipinski definition) is 2. The highest BCUT2D eigenvalue weighted by atomic mass is 35.5. The van der Waals surface area contributed by atoms with Crippen LogP contribution in [0.5, 0.6) is 0 Å². The Morgan fingerprint density at radius 1 is 1.07 bits per heavy atom. The number of rotatable bonds is 4. The third-order valence-electron chi connectivity index (χ3n) is 4.53. The van der Waals surface area contributed by atoms with Crippen LogP contribution in [0, 0.1) is 12.3 Å². The summed E-state index contributed by atoms with van der Waals surface area (Å²) in [5, 5.41) is 7.46. The Balaban J connectivity index is 1.74. The van der Waals surface area contributed by atoms with E-state index in [9.17, 15) is 9.59 Å². The van der Waals surface area contributed by atoms with Gasteiger partial charge in [-0.1, -0.05) is 44.5 Å². The molecule has 0 unspecified atom stereocenters. The summed E-state index contributed by atoms with van der Waals surface area (Å²) in [4.78, 5) is 27.9. The summed E-state index contributed by atoms with van der Waals surface area (Å²) in [6.45, 7) is 7.48. The molecule has 146 valence electrons. The molecule has 0 spiro atoms. The van der Waals surface area contributed by atoms with Gasteiger partial charge in [0, 0.05) is 38.9 Å². The fourth-order valence-electron chi connectivity index (χ4n) is 2.83. The first-order valence-corrected chi connectivity index (χ1v) is 9.49. The average molecular weight is 398 g/mol. The first kappa shape index (κ1) is 20.0. The number of halogens is 1. The van der Waals surface area contributed by atoms with Gasteiger partial charge in [0.15, 0.2) is 0 Å². The molecule has 3 rings (SSSR count). The number of hydrogen-bond donors (Lipinski definition) is 3. The zero-order chi connectivity index (χ0) is 20.5. The minimum Gasteiger partial charge on any atom is -0.361 e. The van der Waals surface area contributed by atoms with Crippen molar-refractivity contribution in [2.45, 2.75) is 34.1 Å². The van der Waals surface area contributed by atoms with Gasteiger partial charge in [0.25, 0.3) is 0 Å². The van der Waals surface area contributed by atoms with Crippen LogP contribution in [0.2, 0.25) is 5.02 Å². The van der Waals surface area contributed by atoms with Crippen LogP contribution in [-0.2, 0) is 16.0 Å². The van der Waals surface area contributed by atoms with Crippen LogP contribution in [0.25, 0.3) is 10.9 Å². The molecule has 0 saturated heterocycles. The lowest BCUT2D eigenvalue weighted by Gasteiger charge is -2.18. The van der Waals surface area contributed by atoms with Crippen LogP contribution < -0.4 is 10.6 Å². The molecule has 0 atom stereocenters. The maximum absolute atomic E-state index is 12.6. The van der Waals surface area contributed by atoms with Gasteiger partial charge in [0.2, 0.25) is 11.8 Å². The molecule has 0 radical (unpaired) electrons. The number of carbonyl (C=O) groups is 2. The summed E-state index contributed by atoms with van der Waals surface area (Å²) in [6, 6.07) is 11.0. The predicted molar refractivity (Wildman–Crippen MR) is 115 cm³/mol. The Morgan fingerprint density at radius 3 is 2.54 bits per heavy atom. The number of nitrogens with one attached hydrogen (secondary N) is 3. The second kappa shape index (κ2) is 7.68. The molecule has 3 N–H and O–H groups in total. The van der Waals surface area contributed by atoms with E-state index in [1.807, 2.05) is 64.2 Å². The van der Waals surface area contributed by atoms with Crippen molar-refractivity contribution in [2.24, 2.45) is 5.41 Å². The van der Waals surface area contributed by atoms with Crippen LogP contribution in [0.4, 0.5) is 11.4 Å². The highest BCUT2D eigenvalue weighted by Crippen LogP contribution is 2.25. The molecule has 2 amide bonds. The highest BCUT2D eigenvalue weighted by Gasteiger charge is 2.21. The molecule has 0 aliphatic carbocycles. The Labute approximate surface area is 169 Å². The van der Waals surface area contributed by atoms with Gasteiger partial charge in [-0.25, -0.2) is 0 Å². The predicted octanol–water partition coefficient (Wildman–Crippen LogP) is 5.30. The van der Waals surface area contributed by atoms with E-state index in [-0.39, 0.29) is 18.2 Å². The molecule has 0 aliphatic heterocycles. The molecule has 0 bridgehead atoms. The average Bonchev–Trinajstić information content (AvgIpc) is 2.98. The van der Waals surface area contributed by atoms with Gasteiger partial charge in [0.05, 0.1) is 6.42 Å². The summed E-state index contributed by atoms with van der Waals surface area (Å²) in [5.41, 5.74) is 3.57. The molecule has 1 aromatic heterocycles. The molecular weight excluding hydrogens is 374 g/mol. The SMILES string of the molecule is Cc1ccc(NC(=O)C(C)(C)C)cc1NC(=O)Cc1c[nH]c2cc(Cl)ccc12. The molecule has 3 aromatic rings. The summed E-state index contributed by atoms with van der Waals surface area (Å²) in [6.07, 6.45) is 2.06. The highest BCUT2D eigenvalue weighted by molar-refractivity contribution is 6.31. The Bertz CT molecular complexity index is 1050. The normalized spacial score (nSPS) is 11.5. The lowest BCUT2D eigenvalue weighted by molar-refractivity contribution is -0.123. The fraction of sp³-hybridized carbons (Fsp3) is 0.273. The van der Waals surface area contributed by atoms with Gasteiger partial charge in [-0.05, 0) is 42.3 Å². The fourth-order valence-corrected chi connectivity index (χ4v) is 3.00. The summed E-state index contributed by atoms with van der Waals surface area (Å²) in [5.74, 6) is -0.204. The molecule has 0 saturated carbocycles. The molecule has 2 aromatic carbocycles. The van der Waals surface area contributed by atoms with Crippen molar-refractivity contribution >= 4 is 45.7 Å². The Hall–Kier alpha value is -2.79. The minimum atomic E-state index is -0.494. The van der Waals surface area contributed by atoms with E-state index in [4.69, 9.17) is 11.6 Å². The number of aromatic nitrogens is 1. The Morgan fingerprint density at radius 2 is 1.82 bits per heavy atom. The molecule has 0 aliphatic rings. The molecule has 1 heterocycles. The van der Waals surface area contributed by atoms with Gasteiger partial charge < -0.3 is 15.6 Å². The lowest BCUT2D eigenvalue weighted by Crippen LogP contribution is -2.27. The largest absolute Gasteiger partial charge is 0.361 e. The topological polar surface area (TPSA) is 74.0 Å². The molecule has 0 fully saturated rings. The summed E-state index contributed by atoms with van der Waals surface area (Å²) >= 11 is 6.01. The molecule has 28 heavy (non-hydrogen) atoms. The monoisotopic (exact) mass is 397 g/mol. The van der Waals surface area contributed by atoms with E-state index in [0.717, 1.165) is 22.0 Å². The number of fused-ring (bicyclic) bond motifs is 1. The first-order valence-electron chi connectivity index (χ1n) is 9.11. The van der Waals surface area contributed by atoms with Crippen LogP contribution >= 0.6 is 11.6 Å². The van der Waals surface area contributed by atoms with Gasteiger partial charge in [-0.2, -0.15) is 0 Å². The number of benzene rings is 2. The number of anilines is 2. The van der Waals surface area contributed by atoms with Crippen LogP contribution in [-0.4, -0.2) is 16.8 Å². The quantitative estimate of drug-likeness (QED) is 0.559. The van der Waals surface area contributed by atoms with Gasteiger partial charge >= 0.3 is 0 Å². The van der Waals surface area contributed by atoms with Crippen molar-refractivity contribution in [1.29, 1.82) is 0 Å². The van der Waals surface area contributed by atoms with Crippen molar-refractivity contribution in [1.82, 2.24) is 4.98 Å². The molecular formula is C22H24ClN3O2. The number of H-pyrrole nitrogens is 1. The zero-order valence-corrected chi connectivity index (χ0v) is 17.2. The van der Waals surface area contributed by atoms with E-state index >= 15 is 0 Å². The van der Waals surface area contributed by atoms with Crippen molar-refractivity contribution in [3.05, 3.63) is 58.7 Å². The van der Waals surface area contributed by atoms with E-state index in [0.29, 0.717) is 16.4 Å². The van der Waals surface area contributed by atoms with E-state index in [1.54, 1.807) is 6.07 Å². The maximum atomic E-state index is 12.6. The number of aromatic amines is 1.